The lowest BCUT2D eigenvalue weighted by atomic mass is 10.1. The summed E-state index contributed by atoms with van der Waals surface area (Å²) in [5.41, 5.74) is 1.33. The Labute approximate surface area is 103 Å². The maximum atomic E-state index is 4.55. The number of fused-ring (bicyclic) bond motifs is 2. The van der Waals surface area contributed by atoms with Crippen molar-refractivity contribution < 1.29 is 0 Å². The van der Waals surface area contributed by atoms with Crippen LogP contribution < -0.4 is 10.2 Å². The Morgan fingerprint density at radius 2 is 2.35 bits per heavy atom. The molecule has 3 unspecified atom stereocenters. The normalized spacial score (nSPS) is 28.7. The predicted octanol–water partition coefficient (Wildman–Crippen LogP) is 2.35. The fraction of sp³-hybridized carbons (Fsp3) is 0.643. The lowest BCUT2D eigenvalue weighted by Crippen LogP contribution is -2.32. The van der Waals surface area contributed by atoms with Gasteiger partial charge in [-0.3, -0.25) is 0 Å². The molecule has 2 heterocycles. The third kappa shape index (κ3) is 1.93. The van der Waals surface area contributed by atoms with Gasteiger partial charge in [-0.15, -0.1) is 0 Å². The molecule has 1 saturated carbocycles. The maximum Gasteiger partial charge on any atom is 0.129 e. The molecule has 3 atom stereocenters. The summed E-state index contributed by atoms with van der Waals surface area (Å²) in [4.78, 5) is 7.07. The van der Waals surface area contributed by atoms with Gasteiger partial charge in [-0.1, -0.05) is 0 Å². The minimum absolute atomic E-state index is 0.400. The molecule has 1 saturated heterocycles. The second-order valence-electron chi connectivity index (χ2n) is 5.44. The largest absolute Gasteiger partial charge is 0.353 e. The molecule has 2 bridgehead atoms. The van der Waals surface area contributed by atoms with Crippen LogP contribution in [0.4, 0.5) is 5.82 Å². The predicted molar refractivity (Wildman–Crippen MR) is 70.2 cm³/mol. The van der Waals surface area contributed by atoms with Gasteiger partial charge < -0.3 is 10.2 Å². The van der Waals surface area contributed by atoms with Gasteiger partial charge in [0.25, 0.3) is 0 Å². The molecule has 1 aromatic heterocycles. The smallest absolute Gasteiger partial charge is 0.129 e. The second kappa shape index (κ2) is 4.30. The van der Waals surface area contributed by atoms with E-state index in [9.17, 15) is 0 Å². The SMILES string of the molecule is CNC(C)c1ccnc(N2CC3CCC2C3)c1. The highest BCUT2D eigenvalue weighted by atomic mass is 15.2. The van der Waals surface area contributed by atoms with E-state index in [0.29, 0.717) is 6.04 Å². The number of aromatic nitrogens is 1. The Kier molecular flexibility index (Phi) is 2.79. The van der Waals surface area contributed by atoms with E-state index in [2.05, 4.69) is 34.3 Å². The van der Waals surface area contributed by atoms with Crippen molar-refractivity contribution >= 4 is 5.82 Å². The number of hydrogen-bond donors (Lipinski definition) is 1. The Balaban J connectivity index is 1.83. The van der Waals surface area contributed by atoms with Crippen molar-refractivity contribution in [3.05, 3.63) is 23.9 Å². The topological polar surface area (TPSA) is 28.2 Å². The van der Waals surface area contributed by atoms with Crippen LogP contribution in [0.15, 0.2) is 18.3 Å². The first kappa shape index (κ1) is 11.0. The number of nitrogens with one attached hydrogen (secondary N) is 1. The Morgan fingerprint density at radius 3 is 3.00 bits per heavy atom. The third-order valence-corrected chi connectivity index (χ3v) is 4.41. The van der Waals surface area contributed by atoms with Crippen molar-refractivity contribution in [1.29, 1.82) is 0 Å². The van der Waals surface area contributed by atoms with E-state index < -0.39 is 0 Å². The fourth-order valence-electron chi connectivity index (χ4n) is 3.23. The summed E-state index contributed by atoms with van der Waals surface area (Å²) in [6, 6.07) is 5.52. The van der Waals surface area contributed by atoms with E-state index in [1.165, 1.54) is 37.2 Å². The van der Waals surface area contributed by atoms with Gasteiger partial charge in [0.05, 0.1) is 0 Å². The van der Waals surface area contributed by atoms with Crippen LogP contribution >= 0.6 is 0 Å². The molecule has 0 spiro atoms. The summed E-state index contributed by atoms with van der Waals surface area (Å²) in [7, 11) is 2.00. The van der Waals surface area contributed by atoms with E-state index in [0.717, 1.165) is 12.0 Å². The standard InChI is InChI=1S/C14H21N3/c1-10(15-2)12-5-6-16-14(8-12)17-9-11-3-4-13(17)7-11/h5-6,8,10-11,13,15H,3-4,7,9H2,1-2H3. The Morgan fingerprint density at radius 1 is 1.47 bits per heavy atom. The second-order valence-corrected chi connectivity index (χ2v) is 5.44. The highest BCUT2D eigenvalue weighted by Crippen LogP contribution is 2.39. The van der Waals surface area contributed by atoms with Crippen molar-refractivity contribution in [2.24, 2.45) is 5.92 Å². The first-order chi connectivity index (χ1) is 8.28. The minimum Gasteiger partial charge on any atom is -0.353 e. The molecule has 1 aromatic rings. The number of hydrogen-bond acceptors (Lipinski definition) is 3. The van der Waals surface area contributed by atoms with Crippen LogP contribution in [0, 0.1) is 5.92 Å². The summed E-state index contributed by atoms with van der Waals surface area (Å²) < 4.78 is 0. The van der Waals surface area contributed by atoms with Gasteiger partial charge in [0.1, 0.15) is 5.82 Å². The van der Waals surface area contributed by atoms with Crippen LogP contribution in [0.1, 0.15) is 37.8 Å². The molecular weight excluding hydrogens is 210 g/mol. The molecule has 92 valence electrons. The molecule has 0 radical (unpaired) electrons. The van der Waals surface area contributed by atoms with E-state index in [1.54, 1.807) is 0 Å². The Bertz CT molecular complexity index is 404. The molecule has 3 nitrogen and oxygen atoms in total. The molecule has 0 aromatic carbocycles. The average molecular weight is 231 g/mol. The van der Waals surface area contributed by atoms with Crippen molar-refractivity contribution in [1.82, 2.24) is 10.3 Å². The van der Waals surface area contributed by atoms with E-state index in [1.807, 2.05) is 13.2 Å². The molecule has 2 aliphatic rings. The quantitative estimate of drug-likeness (QED) is 0.865. The van der Waals surface area contributed by atoms with Crippen molar-refractivity contribution in [3.8, 4) is 0 Å². The molecule has 2 fully saturated rings. The van der Waals surface area contributed by atoms with Crippen molar-refractivity contribution in [2.45, 2.75) is 38.3 Å². The summed E-state index contributed by atoms with van der Waals surface area (Å²) in [6.07, 6.45) is 6.11. The van der Waals surface area contributed by atoms with Gasteiger partial charge in [0.2, 0.25) is 0 Å². The van der Waals surface area contributed by atoms with Crippen LogP contribution in [-0.2, 0) is 0 Å². The van der Waals surface area contributed by atoms with Crippen molar-refractivity contribution in [2.75, 3.05) is 18.5 Å². The van der Waals surface area contributed by atoms with Gasteiger partial charge in [0.15, 0.2) is 0 Å². The molecule has 1 N–H and O–H groups in total. The van der Waals surface area contributed by atoms with Crippen LogP contribution in [0.5, 0.6) is 0 Å². The number of nitrogens with zero attached hydrogens (tertiary/aromatic N) is 2. The average Bonchev–Trinajstić information content (AvgIpc) is 3.00. The highest BCUT2D eigenvalue weighted by Gasteiger charge is 2.38. The summed E-state index contributed by atoms with van der Waals surface area (Å²) in [6.45, 7) is 3.41. The van der Waals surface area contributed by atoms with Gasteiger partial charge in [-0.2, -0.15) is 0 Å². The molecule has 0 amide bonds. The molecule has 3 heteroatoms. The minimum atomic E-state index is 0.400. The van der Waals surface area contributed by atoms with E-state index in [-0.39, 0.29) is 0 Å². The molecule has 3 rings (SSSR count). The van der Waals surface area contributed by atoms with Crippen LogP contribution in [-0.4, -0.2) is 24.6 Å². The Hall–Kier alpha value is -1.09. The van der Waals surface area contributed by atoms with Crippen LogP contribution in [0.2, 0.25) is 0 Å². The first-order valence-corrected chi connectivity index (χ1v) is 6.68. The number of piperidine rings is 1. The summed E-state index contributed by atoms with van der Waals surface area (Å²) in [5.74, 6) is 2.10. The fourth-order valence-corrected chi connectivity index (χ4v) is 3.23. The van der Waals surface area contributed by atoms with Gasteiger partial charge in [0, 0.05) is 24.8 Å². The lowest BCUT2D eigenvalue weighted by Gasteiger charge is -2.28. The zero-order chi connectivity index (χ0) is 11.8. The lowest BCUT2D eigenvalue weighted by molar-refractivity contribution is 0.549. The number of anilines is 1. The zero-order valence-electron chi connectivity index (χ0n) is 10.7. The zero-order valence-corrected chi connectivity index (χ0v) is 10.7. The number of rotatable bonds is 3. The first-order valence-electron chi connectivity index (χ1n) is 6.68. The molecular formula is C14H21N3. The molecule has 1 aliphatic heterocycles. The van der Waals surface area contributed by atoms with E-state index in [4.69, 9.17) is 0 Å². The summed E-state index contributed by atoms with van der Waals surface area (Å²) in [5, 5.41) is 3.29. The van der Waals surface area contributed by atoms with Crippen LogP contribution in [0.3, 0.4) is 0 Å². The van der Waals surface area contributed by atoms with Crippen LogP contribution in [0.25, 0.3) is 0 Å². The summed E-state index contributed by atoms with van der Waals surface area (Å²) >= 11 is 0. The number of pyridine rings is 1. The monoisotopic (exact) mass is 231 g/mol. The maximum absolute atomic E-state index is 4.55. The molecule has 1 aliphatic carbocycles. The van der Waals surface area contributed by atoms with E-state index >= 15 is 0 Å². The third-order valence-electron chi connectivity index (χ3n) is 4.41. The van der Waals surface area contributed by atoms with Gasteiger partial charge in [-0.25, -0.2) is 4.98 Å². The van der Waals surface area contributed by atoms with Gasteiger partial charge >= 0.3 is 0 Å². The molecule has 17 heavy (non-hydrogen) atoms. The van der Waals surface area contributed by atoms with Gasteiger partial charge in [-0.05, 0) is 56.8 Å². The van der Waals surface area contributed by atoms with Crippen molar-refractivity contribution in [3.63, 3.8) is 0 Å². The highest BCUT2D eigenvalue weighted by molar-refractivity contribution is 5.45.